The third-order valence-electron chi connectivity index (χ3n) is 3.66. The summed E-state index contributed by atoms with van der Waals surface area (Å²) in [6.07, 6.45) is 2.46. The summed E-state index contributed by atoms with van der Waals surface area (Å²) in [5.41, 5.74) is 0.588. The van der Waals surface area contributed by atoms with Gasteiger partial charge in [0, 0.05) is 38.4 Å². The van der Waals surface area contributed by atoms with Crippen molar-refractivity contribution in [3.05, 3.63) is 18.3 Å². The number of nitrogens with zero attached hydrogens (tertiary/aromatic N) is 3. The van der Waals surface area contributed by atoms with Crippen LogP contribution in [0.2, 0.25) is 0 Å². The van der Waals surface area contributed by atoms with Crippen molar-refractivity contribution >= 4 is 15.7 Å². The van der Waals surface area contributed by atoms with E-state index >= 15 is 0 Å². The van der Waals surface area contributed by atoms with Crippen LogP contribution in [-0.2, 0) is 10.0 Å². The Kier molecular flexibility index (Phi) is 5.18. The summed E-state index contributed by atoms with van der Waals surface area (Å²) in [5, 5.41) is 3.29. The predicted octanol–water partition coefficient (Wildman–Crippen LogP) is 1.23. The van der Waals surface area contributed by atoms with E-state index in [9.17, 15) is 8.42 Å². The van der Waals surface area contributed by atoms with E-state index in [1.807, 2.05) is 20.9 Å². The third-order valence-corrected chi connectivity index (χ3v) is 5.63. The van der Waals surface area contributed by atoms with Gasteiger partial charge in [0.05, 0.1) is 5.69 Å². The standard InChI is InChI=1S/C14H24N4O2S/c1-4-7-15-13-6-5-8-16-14(13)21(19,20)18-10-9-17(3)11-12(18)2/h5-6,8,12,15H,4,7,9-11H2,1-3H3. The van der Waals surface area contributed by atoms with Crippen molar-refractivity contribution < 1.29 is 8.42 Å². The van der Waals surface area contributed by atoms with Gasteiger partial charge in [0.1, 0.15) is 0 Å². The number of anilines is 1. The van der Waals surface area contributed by atoms with Crippen LogP contribution < -0.4 is 5.32 Å². The minimum absolute atomic E-state index is 0.0465. The normalized spacial score (nSPS) is 21.4. The van der Waals surface area contributed by atoms with E-state index < -0.39 is 10.0 Å². The molecule has 1 atom stereocenters. The van der Waals surface area contributed by atoms with Crippen LogP contribution in [0, 0.1) is 0 Å². The summed E-state index contributed by atoms with van der Waals surface area (Å²) in [5.74, 6) is 0. The minimum Gasteiger partial charge on any atom is -0.383 e. The lowest BCUT2D eigenvalue weighted by Gasteiger charge is -2.37. The Balaban J connectivity index is 2.31. The largest absolute Gasteiger partial charge is 0.383 e. The Morgan fingerprint density at radius 2 is 2.19 bits per heavy atom. The van der Waals surface area contributed by atoms with Crippen molar-refractivity contribution in [2.24, 2.45) is 0 Å². The van der Waals surface area contributed by atoms with Crippen molar-refractivity contribution in [3.8, 4) is 0 Å². The van der Waals surface area contributed by atoms with Crippen molar-refractivity contribution in [3.63, 3.8) is 0 Å². The average Bonchev–Trinajstić information content (AvgIpc) is 2.45. The molecule has 0 spiro atoms. The number of likely N-dealkylation sites (N-methyl/N-ethyl adjacent to an activating group) is 1. The molecule has 1 aliphatic heterocycles. The first-order chi connectivity index (χ1) is 9.96. The summed E-state index contributed by atoms with van der Waals surface area (Å²) < 4.78 is 27.3. The predicted molar refractivity (Wildman–Crippen MR) is 83.9 cm³/mol. The van der Waals surface area contributed by atoms with Crippen molar-refractivity contribution in [1.82, 2.24) is 14.2 Å². The fourth-order valence-corrected chi connectivity index (χ4v) is 4.28. The summed E-state index contributed by atoms with van der Waals surface area (Å²) in [6, 6.07) is 3.48. The molecule has 1 aromatic rings. The van der Waals surface area contributed by atoms with Crippen LogP contribution in [0.5, 0.6) is 0 Å². The summed E-state index contributed by atoms with van der Waals surface area (Å²) in [7, 11) is -1.55. The zero-order valence-corrected chi connectivity index (χ0v) is 13.7. The Morgan fingerprint density at radius 1 is 1.43 bits per heavy atom. The van der Waals surface area contributed by atoms with E-state index in [0.717, 1.165) is 26.1 Å². The van der Waals surface area contributed by atoms with Gasteiger partial charge in [-0.3, -0.25) is 0 Å². The lowest BCUT2D eigenvalue weighted by Crippen LogP contribution is -2.52. The van der Waals surface area contributed by atoms with Gasteiger partial charge in [-0.2, -0.15) is 4.31 Å². The van der Waals surface area contributed by atoms with Gasteiger partial charge in [0.15, 0.2) is 5.03 Å². The molecule has 0 amide bonds. The van der Waals surface area contributed by atoms with Gasteiger partial charge in [-0.1, -0.05) is 6.92 Å². The van der Waals surface area contributed by atoms with Crippen LogP contribution in [-0.4, -0.2) is 61.9 Å². The molecule has 1 aliphatic rings. The highest BCUT2D eigenvalue weighted by Crippen LogP contribution is 2.25. The zero-order valence-electron chi connectivity index (χ0n) is 12.9. The highest BCUT2D eigenvalue weighted by atomic mass is 32.2. The quantitative estimate of drug-likeness (QED) is 0.886. The van der Waals surface area contributed by atoms with E-state index in [1.165, 1.54) is 6.20 Å². The molecule has 1 fully saturated rings. The first kappa shape index (κ1) is 16.2. The van der Waals surface area contributed by atoms with Gasteiger partial charge in [0.2, 0.25) is 0 Å². The zero-order chi connectivity index (χ0) is 15.5. The Bertz CT molecular complexity index is 576. The average molecular weight is 312 g/mol. The topological polar surface area (TPSA) is 65.5 Å². The lowest BCUT2D eigenvalue weighted by atomic mass is 10.2. The maximum Gasteiger partial charge on any atom is 0.262 e. The van der Waals surface area contributed by atoms with Crippen molar-refractivity contribution in [2.75, 3.05) is 38.5 Å². The minimum atomic E-state index is -3.56. The number of piperazine rings is 1. The Labute approximate surface area is 127 Å². The number of hydrogen-bond donors (Lipinski definition) is 1. The molecule has 0 aliphatic carbocycles. The number of aromatic nitrogens is 1. The molecule has 6 nitrogen and oxygen atoms in total. The van der Waals surface area contributed by atoms with Gasteiger partial charge < -0.3 is 10.2 Å². The smallest absolute Gasteiger partial charge is 0.262 e. The summed E-state index contributed by atoms with van der Waals surface area (Å²) in [4.78, 5) is 6.27. The molecular weight excluding hydrogens is 288 g/mol. The van der Waals surface area contributed by atoms with E-state index in [-0.39, 0.29) is 11.1 Å². The van der Waals surface area contributed by atoms with Crippen molar-refractivity contribution in [1.29, 1.82) is 0 Å². The van der Waals surface area contributed by atoms with Crippen LogP contribution in [0.3, 0.4) is 0 Å². The van der Waals surface area contributed by atoms with Crippen LogP contribution in [0.15, 0.2) is 23.4 Å². The molecule has 1 aromatic heterocycles. The molecule has 118 valence electrons. The maximum absolute atomic E-state index is 12.9. The Morgan fingerprint density at radius 3 is 2.86 bits per heavy atom. The van der Waals surface area contributed by atoms with E-state index in [4.69, 9.17) is 0 Å². The Hall–Kier alpha value is -1.18. The highest BCUT2D eigenvalue weighted by Gasteiger charge is 2.34. The van der Waals surface area contributed by atoms with Crippen LogP contribution in [0.25, 0.3) is 0 Å². The molecule has 0 bridgehead atoms. The fraction of sp³-hybridized carbons (Fsp3) is 0.643. The molecular formula is C14H24N4O2S. The van der Waals surface area contributed by atoms with Gasteiger partial charge in [-0.05, 0) is 32.5 Å². The molecule has 0 saturated carbocycles. The monoisotopic (exact) mass is 312 g/mol. The van der Waals surface area contributed by atoms with E-state index in [1.54, 1.807) is 16.4 Å². The molecule has 0 radical (unpaired) electrons. The second-order valence-corrected chi connectivity index (χ2v) is 7.32. The van der Waals surface area contributed by atoms with Gasteiger partial charge in [-0.25, -0.2) is 13.4 Å². The number of hydrogen-bond acceptors (Lipinski definition) is 5. The molecule has 1 unspecified atom stereocenters. The first-order valence-electron chi connectivity index (χ1n) is 7.36. The van der Waals surface area contributed by atoms with Crippen LogP contribution in [0.4, 0.5) is 5.69 Å². The van der Waals surface area contributed by atoms with E-state index in [2.05, 4.69) is 15.2 Å². The molecule has 2 rings (SSSR count). The first-order valence-corrected chi connectivity index (χ1v) is 8.80. The van der Waals surface area contributed by atoms with Crippen LogP contribution in [0.1, 0.15) is 20.3 Å². The van der Waals surface area contributed by atoms with Gasteiger partial charge in [0.25, 0.3) is 10.0 Å². The lowest BCUT2D eigenvalue weighted by molar-refractivity contribution is 0.170. The van der Waals surface area contributed by atoms with Crippen molar-refractivity contribution in [2.45, 2.75) is 31.3 Å². The SMILES string of the molecule is CCCNc1cccnc1S(=O)(=O)N1CCN(C)CC1C. The van der Waals surface area contributed by atoms with E-state index in [0.29, 0.717) is 12.2 Å². The maximum atomic E-state index is 12.9. The second kappa shape index (κ2) is 6.72. The second-order valence-electron chi connectivity index (χ2n) is 5.51. The van der Waals surface area contributed by atoms with Gasteiger partial charge in [-0.15, -0.1) is 0 Å². The number of pyridine rings is 1. The number of rotatable bonds is 5. The fourth-order valence-electron chi connectivity index (χ4n) is 2.58. The third kappa shape index (κ3) is 3.53. The number of nitrogens with one attached hydrogen (secondary N) is 1. The molecule has 7 heteroatoms. The highest BCUT2D eigenvalue weighted by molar-refractivity contribution is 7.89. The molecule has 0 aromatic carbocycles. The van der Waals surface area contributed by atoms with Crippen LogP contribution >= 0.6 is 0 Å². The molecule has 1 N–H and O–H groups in total. The summed E-state index contributed by atoms with van der Waals surface area (Å²) >= 11 is 0. The number of sulfonamides is 1. The summed E-state index contributed by atoms with van der Waals surface area (Å²) in [6.45, 7) is 6.70. The molecule has 1 saturated heterocycles. The van der Waals surface area contributed by atoms with Gasteiger partial charge >= 0.3 is 0 Å². The molecule has 2 heterocycles. The molecule has 21 heavy (non-hydrogen) atoms.